The Labute approximate surface area is 143 Å². The summed E-state index contributed by atoms with van der Waals surface area (Å²) in [4.78, 5) is 12.0. The highest BCUT2D eigenvalue weighted by molar-refractivity contribution is 5.91. The van der Waals surface area contributed by atoms with Gasteiger partial charge in [-0.15, -0.1) is 0 Å². The normalized spacial score (nSPS) is 11.1. The fraction of sp³-hybridized carbons (Fsp3) is 0.278. The van der Waals surface area contributed by atoms with Crippen molar-refractivity contribution < 1.29 is 27.4 Å². The summed E-state index contributed by atoms with van der Waals surface area (Å²) in [6.07, 6.45) is -4.12. The molecule has 134 valence electrons. The van der Waals surface area contributed by atoms with Crippen LogP contribution in [0.4, 0.5) is 18.9 Å². The molecule has 0 fully saturated rings. The molecule has 1 N–H and O–H groups in total. The molecule has 0 aliphatic rings. The molecule has 0 aromatic heterocycles. The molecule has 0 aliphatic heterocycles. The number of benzene rings is 2. The number of halogens is 3. The van der Waals surface area contributed by atoms with Gasteiger partial charge in [0.25, 0.3) is 0 Å². The van der Waals surface area contributed by atoms with E-state index in [2.05, 4.69) is 5.32 Å². The molecule has 0 spiro atoms. The summed E-state index contributed by atoms with van der Waals surface area (Å²) < 4.78 is 49.1. The minimum Gasteiger partial charge on any atom is -0.493 e. The first-order valence-corrected chi connectivity index (χ1v) is 7.52. The van der Waals surface area contributed by atoms with Crippen LogP contribution in [0.15, 0.2) is 42.5 Å². The molecule has 0 unspecified atom stereocenters. The van der Waals surface area contributed by atoms with Crippen LogP contribution < -0.4 is 14.8 Å². The SMILES string of the molecule is COc1ccc(CCC(=O)Nc2ccccc2C(F)(F)F)cc1OC. The van der Waals surface area contributed by atoms with Crippen molar-refractivity contribution >= 4 is 11.6 Å². The number of anilines is 1. The first-order valence-electron chi connectivity index (χ1n) is 7.52. The number of aryl methyl sites for hydroxylation is 1. The number of ether oxygens (including phenoxy) is 2. The molecule has 2 aromatic rings. The Hall–Kier alpha value is -2.70. The van der Waals surface area contributed by atoms with Gasteiger partial charge in [-0.05, 0) is 36.2 Å². The van der Waals surface area contributed by atoms with Crippen molar-refractivity contribution in [2.45, 2.75) is 19.0 Å². The first-order chi connectivity index (χ1) is 11.8. The van der Waals surface area contributed by atoms with E-state index in [4.69, 9.17) is 9.47 Å². The van der Waals surface area contributed by atoms with Crippen molar-refractivity contribution in [2.75, 3.05) is 19.5 Å². The van der Waals surface area contributed by atoms with Gasteiger partial charge >= 0.3 is 6.18 Å². The smallest absolute Gasteiger partial charge is 0.418 e. The average molecular weight is 353 g/mol. The molecule has 0 heterocycles. The fourth-order valence-electron chi connectivity index (χ4n) is 2.35. The number of nitrogens with one attached hydrogen (secondary N) is 1. The second kappa shape index (κ2) is 7.92. The monoisotopic (exact) mass is 353 g/mol. The lowest BCUT2D eigenvalue weighted by atomic mass is 10.1. The second-order valence-corrected chi connectivity index (χ2v) is 5.28. The predicted octanol–water partition coefficient (Wildman–Crippen LogP) is 4.29. The Morgan fingerprint density at radius 2 is 1.72 bits per heavy atom. The molecule has 1 amide bonds. The van der Waals surface area contributed by atoms with Gasteiger partial charge in [-0.2, -0.15) is 13.2 Å². The maximum absolute atomic E-state index is 12.9. The van der Waals surface area contributed by atoms with E-state index in [1.807, 2.05) is 0 Å². The number of carbonyl (C=O) groups is 1. The van der Waals surface area contributed by atoms with Gasteiger partial charge in [0.2, 0.25) is 5.91 Å². The zero-order chi connectivity index (χ0) is 18.4. The van der Waals surface area contributed by atoms with Gasteiger partial charge in [0.15, 0.2) is 11.5 Å². The van der Waals surface area contributed by atoms with E-state index in [1.165, 1.54) is 32.4 Å². The van der Waals surface area contributed by atoms with Crippen LogP contribution in [-0.4, -0.2) is 20.1 Å². The Bertz CT molecular complexity index is 745. The van der Waals surface area contributed by atoms with Gasteiger partial charge < -0.3 is 14.8 Å². The summed E-state index contributed by atoms with van der Waals surface area (Å²) in [7, 11) is 3.02. The fourth-order valence-corrected chi connectivity index (χ4v) is 2.35. The molecule has 0 bridgehead atoms. The minimum atomic E-state index is -4.52. The molecule has 25 heavy (non-hydrogen) atoms. The predicted molar refractivity (Wildman–Crippen MR) is 87.9 cm³/mol. The summed E-state index contributed by atoms with van der Waals surface area (Å²) in [6, 6.07) is 10.1. The van der Waals surface area contributed by atoms with Crippen LogP contribution >= 0.6 is 0 Å². The van der Waals surface area contributed by atoms with Crippen LogP contribution in [0.1, 0.15) is 17.5 Å². The van der Waals surface area contributed by atoms with Crippen LogP contribution in [0.3, 0.4) is 0 Å². The van der Waals surface area contributed by atoms with Crippen molar-refractivity contribution in [3.05, 3.63) is 53.6 Å². The highest BCUT2D eigenvalue weighted by atomic mass is 19.4. The van der Waals surface area contributed by atoms with Gasteiger partial charge in [-0.1, -0.05) is 18.2 Å². The third-order valence-corrected chi connectivity index (χ3v) is 3.60. The Kier molecular flexibility index (Phi) is 5.90. The Morgan fingerprint density at radius 1 is 1.04 bits per heavy atom. The van der Waals surface area contributed by atoms with E-state index in [1.54, 1.807) is 18.2 Å². The van der Waals surface area contributed by atoms with Gasteiger partial charge in [0.1, 0.15) is 0 Å². The molecule has 2 aromatic carbocycles. The number of methoxy groups -OCH3 is 2. The van der Waals surface area contributed by atoms with E-state index in [0.717, 1.165) is 11.6 Å². The van der Waals surface area contributed by atoms with Gasteiger partial charge in [0.05, 0.1) is 25.5 Å². The number of hydrogen-bond donors (Lipinski definition) is 1. The lowest BCUT2D eigenvalue weighted by molar-refractivity contribution is -0.137. The van der Waals surface area contributed by atoms with Crippen molar-refractivity contribution in [1.29, 1.82) is 0 Å². The quantitative estimate of drug-likeness (QED) is 0.843. The van der Waals surface area contributed by atoms with E-state index in [-0.39, 0.29) is 12.1 Å². The molecule has 2 rings (SSSR count). The van der Waals surface area contributed by atoms with Crippen LogP contribution in [-0.2, 0) is 17.4 Å². The van der Waals surface area contributed by atoms with E-state index in [9.17, 15) is 18.0 Å². The third kappa shape index (κ3) is 4.89. The molecule has 0 aliphatic carbocycles. The van der Waals surface area contributed by atoms with Gasteiger partial charge in [0, 0.05) is 6.42 Å². The zero-order valence-electron chi connectivity index (χ0n) is 13.8. The lowest BCUT2D eigenvalue weighted by Crippen LogP contribution is -2.16. The Morgan fingerprint density at radius 3 is 2.36 bits per heavy atom. The topological polar surface area (TPSA) is 47.6 Å². The van der Waals surface area contributed by atoms with Crippen molar-refractivity contribution in [3.8, 4) is 11.5 Å². The number of hydrogen-bond acceptors (Lipinski definition) is 3. The number of alkyl halides is 3. The standard InChI is InChI=1S/C18H18F3NO3/c1-24-15-9-7-12(11-16(15)25-2)8-10-17(23)22-14-6-4-3-5-13(14)18(19,20)21/h3-7,9,11H,8,10H2,1-2H3,(H,22,23). The summed E-state index contributed by atoms with van der Waals surface area (Å²) in [5.74, 6) is 0.601. The Balaban J connectivity index is 2.03. The first kappa shape index (κ1) is 18.6. The van der Waals surface area contributed by atoms with Crippen molar-refractivity contribution in [3.63, 3.8) is 0 Å². The highest BCUT2D eigenvalue weighted by Crippen LogP contribution is 2.34. The summed E-state index contributed by atoms with van der Waals surface area (Å²) in [6.45, 7) is 0. The number of carbonyl (C=O) groups excluding carboxylic acids is 1. The number of amides is 1. The average Bonchev–Trinajstić information content (AvgIpc) is 2.59. The molecular weight excluding hydrogens is 335 g/mol. The van der Waals surface area contributed by atoms with Crippen molar-refractivity contribution in [2.24, 2.45) is 0 Å². The van der Waals surface area contributed by atoms with Crippen LogP contribution in [0.5, 0.6) is 11.5 Å². The van der Waals surface area contributed by atoms with E-state index < -0.39 is 17.6 Å². The lowest BCUT2D eigenvalue weighted by Gasteiger charge is -2.13. The maximum atomic E-state index is 12.9. The minimum absolute atomic E-state index is 0.0433. The van der Waals surface area contributed by atoms with Crippen LogP contribution in [0, 0.1) is 0 Å². The van der Waals surface area contributed by atoms with Gasteiger partial charge in [-0.3, -0.25) is 4.79 Å². The largest absolute Gasteiger partial charge is 0.493 e. The summed E-state index contributed by atoms with van der Waals surface area (Å²) in [5.41, 5.74) is -0.293. The highest BCUT2D eigenvalue weighted by Gasteiger charge is 2.33. The number of rotatable bonds is 6. The third-order valence-electron chi connectivity index (χ3n) is 3.60. The summed E-state index contributed by atoms with van der Waals surface area (Å²) >= 11 is 0. The molecule has 0 saturated carbocycles. The van der Waals surface area contributed by atoms with E-state index >= 15 is 0 Å². The maximum Gasteiger partial charge on any atom is 0.418 e. The second-order valence-electron chi connectivity index (χ2n) is 5.28. The van der Waals surface area contributed by atoms with Crippen LogP contribution in [0.2, 0.25) is 0 Å². The van der Waals surface area contributed by atoms with Crippen molar-refractivity contribution in [1.82, 2.24) is 0 Å². The zero-order valence-corrected chi connectivity index (χ0v) is 13.8. The van der Waals surface area contributed by atoms with E-state index in [0.29, 0.717) is 17.9 Å². The molecule has 4 nitrogen and oxygen atoms in total. The molecule has 7 heteroatoms. The number of para-hydroxylation sites is 1. The molecule has 0 saturated heterocycles. The molecular formula is C18H18F3NO3. The van der Waals surface area contributed by atoms with Crippen LogP contribution in [0.25, 0.3) is 0 Å². The molecule has 0 atom stereocenters. The van der Waals surface area contributed by atoms with Gasteiger partial charge in [-0.25, -0.2) is 0 Å². The molecule has 0 radical (unpaired) electrons. The summed E-state index contributed by atoms with van der Waals surface area (Å²) in [5, 5.41) is 2.32.